The molecular formula is C10H9F2NO2. The van der Waals surface area contributed by atoms with Crippen LogP contribution in [0.5, 0.6) is 0 Å². The maximum atomic E-state index is 13.0. The summed E-state index contributed by atoms with van der Waals surface area (Å²) in [5.74, 6) is -2.00. The molecule has 15 heavy (non-hydrogen) atoms. The number of amides is 1. The van der Waals surface area contributed by atoms with Gasteiger partial charge in [-0.05, 0) is 12.1 Å². The first-order valence-electron chi connectivity index (χ1n) is 4.28. The first-order chi connectivity index (χ1) is 7.15. The minimum atomic E-state index is -0.721. The number of rotatable bonds is 4. The molecule has 0 heterocycles. The Hall–Kier alpha value is -1.78. The summed E-state index contributed by atoms with van der Waals surface area (Å²) in [7, 11) is 0. The summed E-state index contributed by atoms with van der Waals surface area (Å²) < 4.78 is 26.1. The molecule has 0 aliphatic heterocycles. The van der Waals surface area contributed by atoms with Gasteiger partial charge in [0.15, 0.2) is 0 Å². The van der Waals surface area contributed by atoms with Crippen LogP contribution in [0.4, 0.5) is 8.78 Å². The second-order valence-electron chi connectivity index (χ2n) is 2.85. The van der Waals surface area contributed by atoms with E-state index in [1.807, 2.05) is 0 Å². The Morgan fingerprint density at radius 2 is 1.93 bits per heavy atom. The number of carbonyl (C=O) groups excluding carboxylic acids is 2. The van der Waals surface area contributed by atoms with Crippen molar-refractivity contribution in [1.82, 2.24) is 5.32 Å². The Labute approximate surface area is 85.1 Å². The quantitative estimate of drug-likeness (QED) is 0.602. The number of aldehydes is 1. The number of nitrogens with one attached hydrogen (secondary N) is 1. The van der Waals surface area contributed by atoms with Crippen LogP contribution >= 0.6 is 0 Å². The number of hydrogen-bond acceptors (Lipinski definition) is 2. The lowest BCUT2D eigenvalue weighted by molar-refractivity contribution is -0.124. The highest BCUT2D eigenvalue weighted by molar-refractivity contribution is 5.87. The molecule has 0 saturated heterocycles. The Kier molecular flexibility index (Phi) is 3.91. The molecule has 80 valence electrons. The van der Waals surface area contributed by atoms with Gasteiger partial charge in [-0.15, -0.1) is 0 Å². The molecule has 1 aromatic rings. The predicted molar refractivity (Wildman–Crippen MR) is 48.9 cm³/mol. The van der Waals surface area contributed by atoms with Gasteiger partial charge in [0.1, 0.15) is 17.9 Å². The van der Waals surface area contributed by atoms with E-state index in [-0.39, 0.29) is 18.5 Å². The number of halogens is 2. The van der Waals surface area contributed by atoms with E-state index in [9.17, 15) is 18.4 Å². The Morgan fingerprint density at radius 3 is 2.47 bits per heavy atom. The van der Waals surface area contributed by atoms with Gasteiger partial charge in [-0.3, -0.25) is 4.79 Å². The number of benzene rings is 1. The standard InChI is InChI=1S/C10H9F2NO2/c11-8-2-1-3-9(12)7(8)6-13-10(15)4-5-14/h1-3,5H,4,6H2,(H,13,15). The molecule has 1 aromatic carbocycles. The highest BCUT2D eigenvalue weighted by Gasteiger charge is 2.09. The zero-order valence-corrected chi connectivity index (χ0v) is 7.80. The van der Waals surface area contributed by atoms with Crippen LogP contribution in [0.2, 0.25) is 0 Å². The molecule has 0 aliphatic rings. The van der Waals surface area contributed by atoms with E-state index in [0.717, 1.165) is 12.1 Å². The molecule has 1 rings (SSSR count). The smallest absolute Gasteiger partial charge is 0.227 e. The molecule has 3 nitrogen and oxygen atoms in total. The molecule has 0 spiro atoms. The third kappa shape index (κ3) is 3.12. The van der Waals surface area contributed by atoms with Gasteiger partial charge in [-0.1, -0.05) is 6.07 Å². The van der Waals surface area contributed by atoms with Crippen LogP contribution in [0, 0.1) is 11.6 Å². The van der Waals surface area contributed by atoms with Gasteiger partial charge in [-0.2, -0.15) is 0 Å². The van der Waals surface area contributed by atoms with E-state index >= 15 is 0 Å². The molecule has 0 atom stereocenters. The molecule has 1 N–H and O–H groups in total. The lowest BCUT2D eigenvalue weighted by atomic mass is 10.2. The van der Waals surface area contributed by atoms with E-state index in [1.54, 1.807) is 0 Å². The highest BCUT2D eigenvalue weighted by atomic mass is 19.1. The molecule has 0 unspecified atom stereocenters. The summed E-state index contributed by atoms with van der Waals surface area (Å²) in [6.45, 7) is -0.259. The molecular weight excluding hydrogens is 204 g/mol. The first kappa shape index (κ1) is 11.3. The molecule has 5 heteroatoms. The van der Waals surface area contributed by atoms with Crippen LogP contribution in [-0.2, 0) is 16.1 Å². The zero-order valence-electron chi connectivity index (χ0n) is 7.80. The third-order valence-corrected chi connectivity index (χ3v) is 1.79. The fraction of sp³-hybridized carbons (Fsp3) is 0.200. The van der Waals surface area contributed by atoms with Crippen LogP contribution < -0.4 is 5.32 Å². The van der Waals surface area contributed by atoms with Gasteiger partial charge < -0.3 is 10.1 Å². The summed E-state index contributed by atoms with van der Waals surface area (Å²) in [6.07, 6.45) is 0.114. The number of carbonyl (C=O) groups is 2. The average Bonchev–Trinajstić information content (AvgIpc) is 2.17. The summed E-state index contributed by atoms with van der Waals surface area (Å²) in [5, 5.41) is 2.23. The van der Waals surface area contributed by atoms with E-state index in [1.165, 1.54) is 6.07 Å². The van der Waals surface area contributed by atoms with Crippen molar-refractivity contribution in [2.45, 2.75) is 13.0 Å². The molecule has 1 amide bonds. The van der Waals surface area contributed by atoms with Gasteiger partial charge in [0.2, 0.25) is 5.91 Å². The van der Waals surface area contributed by atoms with Gasteiger partial charge in [0.25, 0.3) is 0 Å². The fourth-order valence-corrected chi connectivity index (χ4v) is 1.04. The summed E-state index contributed by atoms with van der Waals surface area (Å²) >= 11 is 0. The molecule has 0 radical (unpaired) electrons. The van der Waals surface area contributed by atoms with Gasteiger partial charge in [0.05, 0.1) is 6.42 Å². The monoisotopic (exact) mass is 213 g/mol. The maximum Gasteiger partial charge on any atom is 0.227 e. The van der Waals surface area contributed by atoms with Crippen LogP contribution in [0.3, 0.4) is 0 Å². The van der Waals surface area contributed by atoms with Crippen molar-refractivity contribution in [2.24, 2.45) is 0 Å². The van der Waals surface area contributed by atoms with Crippen molar-refractivity contribution >= 4 is 12.2 Å². The topological polar surface area (TPSA) is 46.2 Å². The second kappa shape index (κ2) is 5.19. The highest BCUT2D eigenvalue weighted by Crippen LogP contribution is 2.11. The average molecular weight is 213 g/mol. The van der Waals surface area contributed by atoms with Crippen molar-refractivity contribution in [1.29, 1.82) is 0 Å². The first-order valence-corrected chi connectivity index (χ1v) is 4.28. The van der Waals surface area contributed by atoms with Crippen LogP contribution in [0.25, 0.3) is 0 Å². The minimum absolute atomic E-state index is 0.211. The lowest BCUT2D eigenvalue weighted by Crippen LogP contribution is -2.23. The van der Waals surface area contributed by atoms with Crippen LogP contribution in [0.1, 0.15) is 12.0 Å². The van der Waals surface area contributed by atoms with Crippen molar-refractivity contribution in [3.63, 3.8) is 0 Å². The Balaban J connectivity index is 2.65. The summed E-state index contributed by atoms with van der Waals surface area (Å²) in [4.78, 5) is 20.8. The predicted octanol–water partition coefficient (Wildman–Crippen LogP) is 1.17. The van der Waals surface area contributed by atoms with Crippen LogP contribution in [-0.4, -0.2) is 12.2 Å². The maximum absolute atomic E-state index is 13.0. The Morgan fingerprint density at radius 1 is 1.33 bits per heavy atom. The van der Waals surface area contributed by atoms with E-state index in [4.69, 9.17) is 0 Å². The second-order valence-corrected chi connectivity index (χ2v) is 2.85. The molecule has 0 saturated carbocycles. The summed E-state index contributed by atoms with van der Waals surface area (Å²) in [6, 6.07) is 3.44. The van der Waals surface area contributed by atoms with E-state index < -0.39 is 17.5 Å². The fourth-order valence-electron chi connectivity index (χ4n) is 1.04. The van der Waals surface area contributed by atoms with Gasteiger partial charge >= 0.3 is 0 Å². The Bertz CT molecular complexity index is 359. The normalized spacial score (nSPS) is 9.73. The minimum Gasteiger partial charge on any atom is -0.351 e. The zero-order chi connectivity index (χ0) is 11.3. The number of hydrogen-bond donors (Lipinski definition) is 1. The van der Waals surface area contributed by atoms with Crippen molar-refractivity contribution < 1.29 is 18.4 Å². The van der Waals surface area contributed by atoms with Crippen molar-refractivity contribution in [3.8, 4) is 0 Å². The molecule has 0 aromatic heterocycles. The third-order valence-electron chi connectivity index (χ3n) is 1.79. The lowest BCUT2D eigenvalue weighted by Gasteiger charge is -2.05. The van der Waals surface area contributed by atoms with Gasteiger partial charge in [0, 0.05) is 12.1 Å². The molecule has 0 fully saturated rings. The largest absolute Gasteiger partial charge is 0.351 e. The van der Waals surface area contributed by atoms with E-state index in [2.05, 4.69) is 5.32 Å². The summed E-state index contributed by atoms with van der Waals surface area (Å²) in [5.41, 5.74) is -0.211. The van der Waals surface area contributed by atoms with E-state index in [0.29, 0.717) is 6.29 Å². The molecule has 0 aliphatic carbocycles. The van der Waals surface area contributed by atoms with Crippen molar-refractivity contribution in [2.75, 3.05) is 0 Å². The van der Waals surface area contributed by atoms with Crippen LogP contribution in [0.15, 0.2) is 18.2 Å². The van der Waals surface area contributed by atoms with Gasteiger partial charge in [-0.25, -0.2) is 8.78 Å². The SMILES string of the molecule is O=CCC(=O)NCc1c(F)cccc1F. The van der Waals surface area contributed by atoms with Crippen molar-refractivity contribution in [3.05, 3.63) is 35.4 Å². The molecule has 0 bridgehead atoms.